The number of imide groups is 1. The summed E-state index contributed by atoms with van der Waals surface area (Å²) in [5.41, 5.74) is -0.871. The summed E-state index contributed by atoms with van der Waals surface area (Å²) in [5, 5.41) is 3.13. The largest absolute Gasteiger partial charge is 0.490 e. The van der Waals surface area contributed by atoms with Crippen LogP contribution in [0, 0.1) is 0 Å². The highest BCUT2D eigenvalue weighted by Crippen LogP contribution is 2.36. The molecule has 4 amide bonds. The van der Waals surface area contributed by atoms with Gasteiger partial charge in [0, 0.05) is 37.6 Å². The number of hydrogen-bond acceptors (Lipinski definition) is 7. The minimum Gasteiger partial charge on any atom is -0.490 e. The van der Waals surface area contributed by atoms with Gasteiger partial charge in [0.1, 0.15) is 12.1 Å². The van der Waals surface area contributed by atoms with E-state index in [2.05, 4.69) is 5.32 Å². The average molecular weight is 563 g/mol. The van der Waals surface area contributed by atoms with Gasteiger partial charge in [0.25, 0.3) is 5.91 Å². The van der Waals surface area contributed by atoms with Crippen LogP contribution in [0.2, 0.25) is 5.02 Å². The first kappa shape index (κ1) is 26.3. The SMILES string of the molecule is C[C@]1(c2ccc3c(c2)OCCCO3)NC(=O)N(CC(=O)N2CCN(S(=O)(=O)c3ccc(Cl)cc3)CC2)C1=O. The molecule has 3 aliphatic rings. The van der Waals surface area contributed by atoms with Crippen LogP contribution in [0.5, 0.6) is 11.5 Å². The Hall–Kier alpha value is -3.35. The van der Waals surface area contributed by atoms with E-state index in [1.54, 1.807) is 25.1 Å². The Balaban J connectivity index is 1.23. The predicted molar refractivity (Wildman–Crippen MR) is 136 cm³/mol. The fourth-order valence-electron chi connectivity index (χ4n) is 4.68. The number of ether oxygens (including phenoxy) is 2. The Bertz CT molecular complexity index is 1380. The third-order valence-corrected chi connectivity index (χ3v) is 9.10. The first-order valence-corrected chi connectivity index (χ1v) is 14.0. The Morgan fingerprint density at radius 1 is 1.00 bits per heavy atom. The molecule has 0 aliphatic carbocycles. The fourth-order valence-corrected chi connectivity index (χ4v) is 6.23. The summed E-state index contributed by atoms with van der Waals surface area (Å²) in [6.07, 6.45) is 0.730. The van der Waals surface area contributed by atoms with Crippen LogP contribution in [0.15, 0.2) is 47.4 Å². The highest BCUT2D eigenvalue weighted by Gasteiger charge is 2.50. The number of nitrogens with zero attached hydrogens (tertiary/aromatic N) is 3. The predicted octanol–water partition coefficient (Wildman–Crippen LogP) is 1.80. The van der Waals surface area contributed by atoms with Gasteiger partial charge in [-0.15, -0.1) is 0 Å². The van der Waals surface area contributed by atoms with E-state index < -0.39 is 40.0 Å². The number of carbonyl (C=O) groups is 3. The first-order chi connectivity index (χ1) is 18.1. The molecule has 11 nitrogen and oxygen atoms in total. The smallest absolute Gasteiger partial charge is 0.325 e. The van der Waals surface area contributed by atoms with Crippen molar-refractivity contribution >= 4 is 39.5 Å². The number of fused-ring (bicyclic) bond motifs is 1. The lowest BCUT2D eigenvalue weighted by molar-refractivity contribution is -0.139. The number of carbonyl (C=O) groups excluding carboxylic acids is 3. The second-order valence-corrected chi connectivity index (χ2v) is 11.8. The molecule has 1 atom stereocenters. The summed E-state index contributed by atoms with van der Waals surface area (Å²) >= 11 is 5.86. The van der Waals surface area contributed by atoms with E-state index in [9.17, 15) is 22.8 Å². The molecule has 2 fully saturated rings. The van der Waals surface area contributed by atoms with E-state index in [0.29, 0.717) is 35.3 Å². The minimum absolute atomic E-state index is 0.0890. The van der Waals surface area contributed by atoms with Gasteiger partial charge >= 0.3 is 6.03 Å². The number of nitrogens with one attached hydrogen (secondary N) is 1. The van der Waals surface area contributed by atoms with E-state index in [1.165, 1.54) is 33.5 Å². The molecule has 0 radical (unpaired) electrons. The number of piperazine rings is 1. The highest BCUT2D eigenvalue weighted by atomic mass is 35.5. The van der Waals surface area contributed by atoms with Crippen LogP contribution in [0.25, 0.3) is 0 Å². The summed E-state index contributed by atoms with van der Waals surface area (Å²) in [4.78, 5) is 41.6. The zero-order valence-electron chi connectivity index (χ0n) is 20.7. The molecule has 1 N–H and O–H groups in total. The molecule has 202 valence electrons. The van der Waals surface area contributed by atoms with Gasteiger partial charge < -0.3 is 19.7 Å². The van der Waals surface area contributed by atoms with Gasteiger partial charge in [-0.05, 0) is 48.9 Å². The van der Waals surface area contributed by atoms with Crippen LogP contribution in [0.3, 0.4) is 0 Å². The molecule has 3 aliphatic heterocycles. The Morgan fingerprint density at radius 2 is 1.66 bits per heavy atom. The van der Waals surface area contributed by atoms with E-state index in [-0.39, 0.29) is 31.1 Å². The summed E-state index contributed by atoms with van der Waals surface area (Å²) in [5.74, 6) is 0.0503. The normalized spacial score (nSPS) is 22.3. The van der Waals surface area contributed by atoms with Crippen molar-refractivity contribution in [2.75, 3.05) is 45.9 Å². The molecular weight excluding hydrogens is 536 g/mol. The average Bonchev–Trinajstić information content (AvgIpc) is 3.06. The van der Waals surface area contributed by atoms with Crippen LogP contribution in [-0.2, 0) is 25.2 Å². The maximum absolute atomic E-state index is 13.4. The van der Waals surface area contributed by atoms with E-state index >= 15 is 0 Å². The van der Waals surface area contributed by atoms with Gasteiger partial charge in [-0.3, -0.25) is 14.5 Å². The topological polar surface area (TPSA) is 126 Å². The Morgan fingerprint density at radius 3 is 2.34 bits per heavy atom. The highest BCUT2D eigenvalue weighted by molar-refractivity contribution is 7.89. The lowest BCUT2D eigenvalue weighted by atomic mass is 9.91. The van der Waals surface area contributed by atoms with Crippen molar-refractivity contribution in [1.29, 1.82) is 0 Å². The van der Waals surface area contributed by atoms with Gasteiger partial charge in [-0.1, -0.05) is 17.7 Å². The fraction of sp³-hybridized carbons (Fsp3) is 0.400. The maximum Gasteiger partial charge on any atom is 0.325 e. The molecule has 0 saturated carbocycles. The molecule has 38 heavy (non-hydrogen) atoms. The zero-order chi connectivity index (χ0) is 27.1. The van der Waals surface area contributed by atoms with Crippen LogP contribution in [-0.4, -0.2) is 86.3 Å². The number of halogens is 1. The van der Waals surface area contributed by atoms with Crippen LogP contribution in [0.4, 0.5) is 4.79 Å². The summed E-state index contributed by atoms with van der Waals surface area (Å²) < 4.78 is 38.5. The van der Waals surface area contributed by atoms with Crippen molar-refractivity contribution in [1.82, 2.24) is 19.4 Å². The quantitative estimate of drug-likeness (QED) is 0.551. The molecule has 2 saturated heterocycles. The second kappa shape index (κ2) is 10.1. The molecule has 3 heterocycles. The zero-order valence-corrected chi connectivity index (χ0v) is 22.3. The van der Waals surface area contributed by atoms with Crippen molar-refractivity contribution < 1.29 is 32.3 Å². The molecule has 13 heteroatoms. The van der Waals surface area contributed by atoms with Crippen LogP contribution >= 0.6 is 11.6 Å². The number of amides is 4. The van der Waals surface area contributed by atoms with Crippen molar-refractivity contribution in [2.24, 2.45) is 0 Å². The molecule has 0 bridgehead atoms. The molecule has 0 aromatic heterocycles. The second-order valence-electron chi connectivity index (χ2n) is 9.40. The Labute approximate surface area is 225 Å². The van der Waals surface area contributed by atoms with Gasteiger partial charge in [0.15, 0.2) is 11.5 Å². The van der Waals surface area contributed by atoms with Gasteiger partial charge in [0.2, 0.25) is 15.9 Å². The minimum atomic E-state index is -3.73. The van der Waals surface area contributed by atoms with E-state index in [0.717, 1.165) is 11.3 Å². The monoisotopic (exact) mass is 562 g/mol. The number of benzene rings is 2. The molecular formula is C25H27ClN4O7S. The van der Waals surface area contributed by atoms with Gasteiger partial charge in [-0.2, -0.15) is 4.31 Å². The van der Waals surface area contributed by atoms with Crippen molar-refractivity contribution in [3.05, 3.63) is 53.1 Å². The number of sulfonamides is 1. The van der Waals surface area contributed by atoms with Crippen molar-refractivity contribution in [3.8, 4) is 11.5 Å². The molecule has 2 aromatic carbocycles. The lowest BCUT2D eigenvalue weighted by Gasteiger charge is -2.34. The van der Waals surface area contributed by atoms with Crippen LogP contribution < -0.4 is 14.8 Å². The standard InChI is InChI=1S/C25H27ClN4O7S/c1-25(17-3-8-20-21(15-17)37-14-2-13-36-20)23(32)30(24(33)27-25)16-22(31)28-9-11-29(12-10-28)38(34,35)19-6-4-18(26)5-7-19/h3-8,15H,2,9-14,16H2,1H3,(H,27,33)/t25-/m1/s1. The lowest BCUT2D eigenvalue weighted by Crippen LogP contribution is -2.53. The molecule has 0 spiro atoms. The molecule has 5 rings (SSSR count). The number of hydrogen-bond donors (Lipinski definition) is 1. The number of rotatable bonds is 5. The third-order valence-electron chi connectivity index (χ3n) is 6.94. The Kier molecular flexibility index (Phi) is 6.97. The summed E-state index contributed by atoms with van der Waals surface area (Å²) in [7, 11) is -3.73. The molecule has 2 aromatic rings. The maximum atomic E-state index is 13.4. The third kappa shape index (κ3) is 4.79. The van der Waals surface area contributed by atoms with Gasteiger partial charge in [-0.25, -0.2) is 13.2 Å². The first-order valence-electron chi connectivity index (χ1n) is 12.2. The van der Waals surface area contributed by atoms with Crippen LogP contribution in [0.1, 0.15) is 18.9 Å². The van der Waals surface area contributed by atoms with Crippen molar-refractivity contribution in [3.63, 3.8) is 0 Å². The van der Waals surface area contributed by atoms with E-state index in [4.69, 9.17) is 21.1 Å². The summed E-state index contributed by atoms with van der Waals surface area (Å²) in [6, 6.07) is 10.3. The van der Waals surface area contributed by atoms with E-state index in [1.807, 2.05) is 0 Å². The van der Waals surface area contributed by atoms with Crippen molar-refractivity contribution in [2.45, 2.75) is 23.8 Å². The number of urea groups is 1. The summed E-state index contributed by atoms with van der Waals surface area (Å²) in [6.45, 7) is 2.58. The van der Waals surface area contributed by atoms with Gasteiger partial charge in [0.05, 0.1) is 18.1 Å². The molecule has 0 unspecified atom stereocenters.